The molecule has 1 aliphatic heterocycles. The fourth-order valence-electron chi connectivity index (χ4n) is 1.90. The molecular formula is C12H25N3. The van der Waals surface area contributed by atoms with Gasteiger partial charge in [0.25, 0.3) is 0 Å². The highest BCUT2D eigenvalue weighted by Gasteiger charge is 2.29. The van der Waals surface area contributed by atoms with Crippen LogP contribution in [0.1, 0.15) is 41.0 Å². The average molecular weight is 211 g/mol. The maximum atomic E-state index is 4.37. The van der Waals surface area contributed by atoms with E-state index in [1.165, 1.54) is 0 Å². The maximum absolute atomic E-state index is 4.37. The van der Waals surface area contributed by atoms with Gasteiger partial charge in [0, 0.05) is 13.6 Å². The minimum absolute atomic E-state index is 0.349. The van der Waals surface area contributed by atoms with Crippen LogP contribution in [-0.2, 0) is 0 Å². The van der Waals surface area contributed by atoms with E-state index in [-0.39, 0.29) is 0 Å². The van der Waals surface area contributed by atoms with E-state index in [4.69, 9.17) is 0 Å². The third-order valence-corrected chi connectivity index (χ3v) is 2.57. The molecule has 0 N–H and O–H groups in total. The van der Waals surface area contributed by atoms with Crippen molar-refractivity contribution in [2.45, 2.75) is 47.2 Å². The third-order valence-electron chi connectivity index (χ3n) is 2.57. The summed E-state index contributed by atoms with van der Waals surface area (Å²) in [4.78, 5) is 2.36. The summed E-state index contributed by atoms with van der Waals surface area (Å²) in [5.74, 6) is 0.686. The Morgan fingerprint density at radius 3 is 2.40 bits per heavy atom. The predicted octanol–water partition coefficient (Wildman–Crippen LogP) is 2.60. The molecule has 0 radical (unpaired) electrons. The van der Waals surface area contributed by atoms with Crippen LogP contribution in [0.4, 0.5) is 0 Å². The molecule has 0 saturated heterocycles. The van der Waals surface area contributed by atoms with Crippen LogP contribution in [0.5, 0.6) is 0 Å². The van der Waals surface area contributed by atoms with Gasteiger partial charge in [0.2, 0.25) is 0 Å². The second-order valence-electron chi connectivity index (χ2n) is 6.14. The van der Waals surface area contributed by atoms with Crippen molar-refractivity contribution in [1.82, 2.24) is 9.91 Å². The van der Waals surface area contributed by atoms with Gasteiger partial charge in [-0.25, -0.2) is 0 Å². The fraction of sp³-hybridized carbons (Fsp3) is 0.917. The summed E-state index contributed by atoms with van der Waals surface area (Å²) in [6.45, 7) is 12.4. The molecular weight excluding hydrogens is 186 g/mol. The van der Waals surface area contributed by atoms with Crippen LogP contribution in [-0.4, -0.2) is 36.0 Å². The molecule has 0 spiro atoms. The van der Waals surface area contributed by atoms with Crippen molar-refractivity contribution in [3.05, 3.63) is 0 Å². The first-order chi connectivity index (χ1) is 6.79. The highest BCUT2D eigenvalue weighted by molar-refractivity contribution is 5.57. The molecule has 1 heterocycles. The quantitative estimate of drug-likeness (QED) is 0.714. The van der Waals surface area contributed by atoms with Gasteiger partial charge in [-0.15, -0.1) is 0 Å². The van der Waals surface area contributed by atoms with E-state index in [0.717, 1.165) is 13.0 Å². The number of rotatable bonds is 3. The monoisotopic (exact) mass is 211 g/mol. The van der Waals surface area contributed by atoms with Crippen molar-refractivity contribution in [2.24, 2.45) is 16.4 Å². The lowest BCUT2D eigenvalue weighted by Gasteiger charge is -2.34. The molecule has 0 saturated carbocycles. The summed E-state index contributed by atoms with van der Waals surface area (Å²) in [7, 11) is 2.06. The normalized spacial score (nSPS) is 21.9. The van der Waals surface area contributed by atoms with Crippen molar-refractivity contribution >= 4 is 6.34 Å². The van der Waals surface area contributed by atoms with Crippen LogP contribution < -0.4 is 0 Å². The van der Waals surface area contributed by atoms with Gasteiger partial charge in [-0.2, -0.15) is 5.10 Å². The van der Waals surface area contributed by atoms with Gasteiger partial charge in [-0.3, -0.25) is 5.01 Å². The molecule has 0 fully saturated rings. The smallest absolute Gasteiger partial charge is 0.119 e. The van der Waals surface area contributed by atoms with Crippen LogP contribution in [0.15, 0.2) is 5.10 Å². The van der Waals surface area contributed by atoms with Crippen molar-refractivity contribution in [3.8, 4) is 0 Å². The Balaban J connectivity index is 2.60. The Hall–Kier alpha value is -0.730. The van der Waals surface area contributed by atoms with Gasteiger partial charge in [0.05, 0.1) is 0 Å². The summed E-state index contributed by atoms with van der Waals surface area (Å²) < 4.78 is 0. The Labute approximate surface area is 94.1 Å². The first-order valence-corrected chi connectivity index (χ1v) is 5.82. The van der Waals surface area contributed by atoms with Gasteiger partial charge in [-0.1, -0.05) is 34.6 Å². The molecule has 0 aromatic rings. The first-order valence-electron chi connectivity index (χ1n) is 5.82. The van der Waals surface area contributed by atoms with E-state index in [9.17, 15) is 0 Å². The van der Waals surface area contributed by atoms with Crippen molar-refractivity contribution in [1.29, 1.82) is 0 Å². The second kappa shape index (κ2) is 4.42. The van der Waals surface area contributed by atoms with E-state index in [1.807, 2.05) is 6.34 Å². The van der Waals surface area contributed by atoms with Crippen molar-refractivity contribution < 1.29 is 0 Å². The van der Waals surface area contributed by atoms with Crippen LogP contribution >= 0.6 is 0 Å². The van der Waals surface area contributed by atoms with Crippen LogP contribution in [0, 0.1) is 11.3 Å². The molecule has 15 heavy (non-hydrogen) atoms. The largest absolute Gasteiger partial charge is 0.339 e. The second-order valence-corrected chi connectivity index (χ2v) is 6.14. The Morgan fingerprint density at radius 2 is 1.93 bits per heavy atom. The number of nitrogens with zero attached hydrogens (tertiary/aromatic N) is 3. The Bertz CT molecular complexity index is 228. The summed E-state index contributed by atoms with van der Waals surface area (Å²) in [6.07, 6.45) is 3.57. The molecule has 1 aliphatic rings. The van der Waals surface area contributed by atoms with E-state index >= 15 is 0 Å². The SMILES string of the molecule is CC(C)CN1C=NN(C)C1CC(C)(C)C. The van der Waals surface area contributed by atoms with Gasteiger partial charge in [-0.05, 0) is 17.8 Å². The molecule has 1 atom stereocenters. The molecule has 3 nitrogen and oxygen atoms in total. The lowest BCUT2D eigenvalue weighted by atomic mass is 9.90. The van der Waals surface area contributed by atoms with E-state index in [2.05, 4.69) is 56.7 Å². The minimum atomic E-state index is 0.349. The lowest BCUT2D eigenvalue weighted by molar-refractivity contribution is 0.104. The van der Waals surface area contributed by atoms with Crippen LogP contribution in [0.3, 0.4) is 0 Å². The molecule has 1 unspecified atom stereocenters. The fourth-order valence-corrected chi connectivity index (χ4v) is 1.90. The first kappa shape index (κ1) is 12.3. The number of hydrogen-bond acceptors (Lipinski definition) is 3. The topological polar surface area (TPSA) is 18.8 Å². The standard InChI is InChI=1S/C12H25N3/c1-10(2)8-15-9-13-14(6)11(15)7-12(3,4)5/h9-11H,7-8H2,1-6H3. The molecule has 0 aromatic carbocycles. The lowest BCUT2D eigenvalue weighted by Crippen LogP contribution is -2.42. The van der Waals surface area contributed by atoms with Crippen LogP contribution in [0.2, 0.25) is 0 Å². The highest BCUT2D eigenvalue weighted by atomic mass is 15.6. The molecule has 0 aliphatic carbocycles. The van der Waals surface area contributed by atoms with Gasteiger partial charge < -0.3 is 4.90 Å². The van der Waals surface area contributed by atoms with E-state index in [1.54, 1.807) is 0 Å². The Kier molecular flexibility index (Phi) is 3.63. The highest BCUT2D eigenvalue weighted by Crippen LogP contribution is 2.27. The summed E-state index contributed by atoms with van der Waals surface area (Å²) in [5, 5.41) is 6.45. The molecule has 0 aromatic heterocycles. The predicted molar refractivity (Wildman–Crippen MR) is 65.7 cm³/mol. The summed E-state index contributed by atoms with van der Waals surface area (Å²) in [5.41, 5.74) is 0.349. The molecule has 1 rings (SSSR count). The molecule has 3 heteroatoms. The molecule has 88 valence electrons. The summed E-state index contributed by atoms with van der Waals surface area (Å²) in [6, 6.07) is 0. The van der Waals surface area contributed by atoms with E-state index in [0.29, 0.717) is 17.5 Å². The number of hydrazone groups is 1. The molecule has 0 bridgehead atoms. The average Bonchev–Trinajstić information content (AvgIpc) is 2.32. The van der Waals surface area contributed by atoms with Crippen molar-refractivity contribution in [3.63, 3.8) is 0 Å². The van der Waals surface area contributed by atoms with Gasteiger partial charge in [0.1, 0.15) is 12.5 Å². The van der Waals surface area contributed by atoms with Gasteiger partial charge in [0.15, 0.2) is 0 Å². The van der Waals surface area contributed by atoms with Crippen molar-refractivity contribution in [2.75, 3.05) is 13.6 Å². The minimum Gasteiger partial charge on any atom is -0.339 e. The Morgan fingerprint density at radius 1 is 1.33 bits per heavy atom. The zero-order valence-electron chi connectivity index (χ0n) is 11.0. The zero-order valence-corrected chi connectivity index (χ0v) is 11.0. The van der Waals surface area contributed by atoms with E-state index < -0.39 is 0 Å². The summed E-state index contributed by atoms with van der Waals surface area (Å²) >= 11 is 0. The number of hydrogen-bond donors (Lipinski definition) is 0. The molecule has 0 amide bonds. The third kappa shape index (κ3) is 3.73. The zero-order chi connectivity index (χ0) is 11.6. The maximum Gasteiger partial charge on any atom is 0.119 e. The van der Waals surface area contributed by atoms with Crippen LogP contribution in [0.25, 0.3) is 0 Å². The van der Waals surface area contributed by atoms with Gasteiger partial charge >= 0.3 is 0 Å².